The highest BCUT2D eigenvalue weighted by molar-refractivity contribution is 5.86. The molecule has 1 spiro atoms. The van der Waals surface area contributed by atoms with Crippen molar-refractivity contribution in [3.8, 4) is 0 Å². The van der Waals surface area contributed by atoms with Crippen LogP contribution in [0, 0.1) is 6.92 Å². The number of anilines is 2. The number of hydrogen-bond acceptors (Lipinski definition) is 7. The summed E-state index contributed by atoms with van der Waals surface area (Å²) in [4.78, 5) is 20.8. The lowest BCUT2D eigenvalue weighted by atomic mass is 9.77. The van der Waals surface area contributed by atoms with E-state index in [1.54, 1.807) is 10.9 Å². The Kier molecular flexibility index (Phi) is 3.19. The second-order valence-electron chi connectivity index (χ2n) is 7.51. The molecule has 1 fully saturated rings. The highest BCUT2D eigenvalue weighted by Gasteiger charge is 2.44. The van der Waals surface area contributed by atoms with Crippen LogP contribution in [0.3, 0.4) is 0 Å². The summed E-state index contributed by atoms with van der Waals surface area (Å²) in [6.45, 7) is 3.77. The summed E-state index contributed by atoms with van der Waals surface area (Å²) >= 11 is 0. The predicted octanol–water partition coefficient (Wildman–Crippen LogP) is 1.53. The van der Waals surface area contributed by atoms with Gasteiger partial charge in [0.2, 0.25) is 5.95 Å². The van der Waals surface area contributed by atoms with Gasteiger partial charge in [0.15, 0.2) is 5.65 Å². The monoisotopic (exact) mass is 350 g/mol. The molecule has 5 rings (SSSR count). The van der Waals surface area contributed by atoms with Crippen LogP contribution in [0.5, 0.6) is 0 Å². The van der Waals surface area contributed by atoms with Gasteiger partial charge in [-0.15, -0.1) is 0 Å². The number of nitrogen functional groups attached to an aromatic ring is 1. The van der Waals surface area contributed by atoms with Crippen LogP contribution in [-0.2, 0) is 18.9 Å². The molecule has 0 saturated carbocycles. The lowest BCUT2D eigenvalue weighted by Crippen LogP contribution is -2.46. The lowest BCUT2D eigenvalue weighted by molar-refractivity contribution is 0.331. The van der Waals surface area contributed by atoms with Crippen LogP contribution in [0.4, 0.5) is 11.8 Å². The van der Waals surface area contributed by atoms with E-state index in [2.05, 4.69) is 20.0 Å². The van der Waals surface area contributed by atoms with E-state index in [1.807, 2.05) is 20.2 Å². The number of aryl methyl sites for hydroxylation is 3. The van der Waals surface area contributed by atoms with E-state index in [-0.39, 0.29) is 5.41 Å². The molecule has 3 aromatic rings. The molecule has 8 nitrogen and oxygen atoms in total. The van der Waals surface area contributed by atoms with Gasteiger partial charge in [0, 0.05) is 31.7 Å². The molecule has 1 atom stereocenters. The standard InChI is InChI=1S/C18H22N8/c1-11-20-8-12-4-6-18(14(12)22-11)5-3-7-26(10-18)17-23-15(19)13-9-21-25(2)16(13)24-17/h8-9H,3-7,10H2,1-2H3,(H2,19,23,24). The van der Waals surface area contributed by atoms with Crippen molar-refractivity contribution in [2.45, 2.75) is 38.0 Å². The number of nitrogens with zero attached hydrogens (tertiary/aromatic N) is 7. The van der Waals surface area contributed by atoms with E-state index in [0.717, 1.165) is 55.6 Å². The molecule has 0 radical (unpaired) electrons. The largest absolute Gasteiger partial charge is 0.383 e. The fourth-order valence-corrected chi connectivity index (χ4v) is 4.50. The Balaban J connectivity index is 1.55. The summed E-state index contributed by atoms with van der Waals surface area (Å²) in [5, 5.41) is 5.06. The van der Waals surface area contributed by atoms with Crippen molar-refractivity contribution in [1.29, 1.82) is 0 Å². The minimum absolute atomic E-state index is 0.0703. The Morgan fingerprint density at radius 1 is 1.15 bits per heavy atom. The number of hydrogen-bond donors (Lipinski definition) is 1. The molecule has 8 heteroatoms. The quantitative estimate of drug-likeness (QED) is 0.710. The Morgan fingerprint density at radius 3 is 2.92 bits per heavy atom. The highest BCUT2D eigenvalue weighted by atomic mass is 15.3. The second-order valence-corrected chi connectivity index (χ2v) is 7.51. The van der Waals surface area contributed by atoms with Crippen molar-refractivity contribution < 1.29 is 0 Å². The smallest absolute Gasteiger partial charge is 0.229 e. The van der Waals surface area contributed by atoms with E-state index in [4.69, 9.17) is 15.7 Å². The summed E-state index contributed by atoms with van der Waals surface area (Å²) < 4.78 is 1.75. The summed E-state index contributed by atoms with van der Waals surface area (Å²) in [5.74, 6) is 2.03. The van der Waals surface area contributed by atoms with Crippen molar-refractivity contribution in [1.82, 2.24) is 29.7 Å². The van der Waals surface area contributed by atoms with Gasteiger partial charge in [-0.3, -0.25) is 4.68 Å². The predicted molar refractivity (Wildman–Crippen MR) is 98.9 cm³/mol. The summed E-state index contributed by atoms with van der Waals surface area (Å²) in [6, 6.07) is 0. The Bertz CT molecular complexity index is 1010. The first-order valence-electron chi connectivity index (χ1n) is 9.09. The van der Waals surface area contributed by atoms with E-state index >= 15 is 0 Å². The topological polar surface area (TPSA) is 98.6 Å². The second kappa shape index (κ2) is 5.36. The molecule has 1 aliphatic heterocycles. The van der Waals surface area contributed by atoms with E-state index in [0.29, 0.717) is 11.8 Å². The van der Waals surface area contributed by atoms with Crippen molar-refractivity contribution in [2.75, 3.05) is 23.7 Å². The van der Waals surface area contributed by atoms with Crippen LogP contribution in [0.25, 0.3) is 11.0 Å². The summed E-state index contributed by atoms with van der Waals surface area (Å²) in [6.07, 6.45) is 8.12. The highest BCUT2D eigenvalue weighted by Crippen LogP contribution is 2.44. The Labute approximate surface area is 151 Å². The first-order chi connectivity index (χ1) is 12.6. The molecule has 2 N–H and O–H groups in total. The van der Waals surface area contributed by atoms with Crippen LogP contribution in [-0.4, -0.2) is 42.8 Å². The third-order valence-electron chi connectivity index (χ3n) is 5.83. The van der Waals surface area contributed by atoms with E-state index in [1.165, 1.54) is 11.3 Å². The molecule has 0 bridgehead atoms. The van der Waals surface area contributed by atoms with Gasteiger partial charge in [-0.05, 0) is 38.2 Å². The Morgan fingerprint density at radius 2 is 2.04 bits per heavy atom. The van der Waals surface area contributed by atoms with Gasteiger partial charge in [0.05, 0.1) is 17.3 Å². The normalized spacial score (nSPS) is 22.3. The number of rotatable bonds is 1. The maximum Gasteiger partial charge on any atom is 0.229 e. The molecule has 3 aromatic heterocycles. The zero-order valence-electron chi connectivity index (χ0n) is 15.1. The molecule has 4 heterocycles. The fourth-order valence-electron chi connectivity index (χ4n) is 4.50. The average Bonchev–Trinajstić information content (AvgIpc) is 3.17. The van der Waals surface area contributed by atoms with Gasteiger partial charge in [-0.1, -0.05) is 0 Å². The Hall–Kier alpha value is -2.77. The first-order valence-corrected chi connectivity index (χ1v) is 9.09. The first kappa shape index (κ1) is 15.5. The molecule has 0 amide bonds. The van der Waals surface area contributed by atoms with Crippen LogP contribution in [0.15, 0.2) is 12.4 Å². The fraction of sp³-hybridized carbons (Fsp3) is 0.500. The van der Waals surface area contributed by atoms with Crippen LogP contribution in [0.2, 0.25) is 0 Å². The number of aromatic nitrogens is 6. The van der Waals surface area contributed by atoms with Gasteiger partial charge in [-0.25, -0.2) is 9.97 Å². The molecule has 26 heavy (non-hydrogen) atoms. The van der Waals surface area contributed by atoms with Crippen molar-refractivity contribution in [3.63, 3.8) is 0 Å². The van der Waals surface area contributed by atoms with Gasteiger partial charge >= 0.3 is 0 Å². The van der Waals surface area contributed by atoms with Crippen molar-refractivity contribution in [2.24, 2.45) is 7.05 Å². The molecule has 0 aromatic carbocycles. The van der Waals surface area contributed by atoms with E-state index < -0.39 is 0 Å². The molecule has 1 aliphatic carbocycles. The van der Waals surface area contributed by atoms with Crippen LogP contribution in [0.1, 0.15) is 36.3 Å². The zero-order chi connectivity index (χ0) is 17.9. The molecule has 1 unspecified atom stereocenters. The molecule has 2 aliphatic rings. The maximum absolute atomic E-state index is 6.17. The summed E-state index contributed by atoms with van der Waals surface area (Å²) in [7, 11) is 1.88. The minimum atomic E-state index is 0.0703. The van der Waals surface area contributed by atoms with Crippen LogP contribution < -0.4 is 10.6 Å². The van der Waals surface area contributed by atoms with Crippen molar-refractivity contribution >= 4 is 22.8 Å². The number of piperidine rings is 1. The van der Waals surface area contributed by atoms with Crippen LogP contribution >= 0.6 is 0 Å². The van der Waals surface area contributed by atoms with E-state index in [9.17, 15) is 0 Å². The van der Waals surface area contributed by atoms with Gasteiger partial charge in [0.25, 0.3) is 0 Å². The third kappa shape index (κ3) is 2.17. The lowest BCUT2D eigenvalue weighted by Gasteiger charge is -2.40. The van der Waals surface area contributed by atoms with Gasteiger partial charge < -0.3 is 10.6 Å². The van der Waals surface area contributed by atoms with Crippen molar-refractivity contribution in [3.05, 3.63) is 29.5 Å². The minimum Gasteiger partial charge on any atom is -0.383 e. The summed E-state index contributed by atoms with van der Waals surface area (Å²) in [5.41, 5.74) is 9.53. The molecule has 1 saturated heterocycles. The number of fused-ring (bicyclic) bond motifs is 3. The van der Waals surface area contributed by atoms with Gasteiger partial charge in [0.1, 0.15) is 11.6 Å². The third-order valence-corrected chi connectivity index (χ3v) is 5.83. The molecule has 134 valence electrons. The number of nitrogens with two attached hydrogens (primary N) is 1. The van der Waals surface area contributed by atoms with Gasteiger partial charge in [-0.2, -0.15) is 15.1 Å². The maximum atomic E-state index is 6.17. The molecular formula is C18H22N8. The molecular weight excluding hydrogens is 328 g/mol. The average molecular weight is 350 g/mol. The SMILES string of the molecule is Cc1ncc2c(n1)C1(CCCN(c3nc(N)c4cnn(C)c4n3)C1)CC2. The zero-order valence-corrected chi connectivity index (χ0v) is 15.1.